The first-order chi connectivity index (χ1) is 7.61. The van der Waals surface area contributed by atoms with Crippen LogP contribution in [0.3, 0.4) is 0 Å². The van der Waals surface area contributed by atoms with Crippen LogP contribution in [0.5, 0.6) is 0 Å². The third kappa shape index (κ3) is 3.90. The number of hydrogen-bond acceptors (Lipinski definition) is 3. The minimum absolute atomic E-state index is 0.421. The molecular formula is C10H18N4O2. The summed E-state index contributed by atoms with van der Waals surface area (Å²) >= 11 is 0. The van der Waals surface area contributed by atoms with E-state index in [1.54, 1.807) is 0 Å². The Bertz CT molecular complexity index is 293. The number of nitrogens with zero attached hydrogens (tertiary/aromatic N) is 2. The molecule has 6 nitrogen and oxygen atoms in total. The van der Waals surface area contributed by atoms with Crippen molar-refractivity contribution in [2.75, 3.05) is 19.6 Å². The van der Waals surface area contributed by atoms with Gasteiger partial charge in [-0.1, -0.05) is 12.2 Å². The number of carboxylic acids is 1. The fourth-order valence-corrected chi connectivity index (χ4v) is 1.39. The van der Waals surface area contributed by atoms with Crippen molar-refractivity contribution >= 4 is 11.9 Å². The van der Waals surface area contributed by atoms with Crippen LogP contribution in [0.1, 0.15) is 12.8 Å². The molecule has 0 radical (unpaired) electrons. The van der Waals surface area contributed by atoms with Crippen LogP contribution in [0.25, 0.3) is 0 Å². The van der Waals surface area contributed by atoms with Crippen molar-refractivity contribution in [3.63, 3.8) is 0 Å². The molecule has 1 rings (SSSR count). The van der Waals surface area contributed by atoms with E-state index in [4.69, 9.17) is 16.6 Å². The average Bonchev–Trinajstić information content (AvgIpc) is 2.76. The monoisotopic (exact) mass is 226 g/mol. The summed E-state index contributed by atoms with van der Waals surface area (Å²) < 4.78 is 0. The van der Waals surface area contributed by atoms with E-state index in [9.17, 15) is 4.79 Å². The highest BCUT2D eigenvalue weighted by Crippen LogP contribution is 1.99. The van der Waals surface area contributed by atoms with Crippen molar-refractivity contribution < 1.29 is 9.90 Å². The molecule has 0 spiro atoms. The lowest BCUT2D eigenvalue weighted by Crippen LogP contribution is -2.35. The lowest BCUT2D eigenvalue weighted by Gasteiger charge is -2.15. The summed E-state index contributed by atoms with van der Waals surface area (Å²) in [7, 11) is 0. The Morgan fingerprint density at radius 2 is 2.12 bits per heavy atom. The first-order valence-corrected chi connectivity index (χ1v) is 5.29. The second kappa shape index (κ2) is 6.12. The Balaban J connectivity index is 2.18. The highest BCUT2D eigenvalue weighted by Gasteiger charge is 2.11. The number of aliphatic carboxylic acids is 1. The van der Waals surface area contributed by atoms with Crippen molar-refractivity contribution in [1.82, 2.24) is 4.90 Å². The van der Waals surface area contributed by atoms with Gasteiger partial charge in [0, 0.05) is 19.6 Å². The minimum atomic E-state index is -0.972. The molecule has 0 aromatic carbocycles. The number of carboxylic acid groups (broad SMARTS) is 1. The van der Waals surface area contributed by atoms with Crippen LogP contribution in [0.15, 0.2) is 17.1 Å². The van der Waals surface area contributed by atoms with Gasteiger partial charge in [0.25, 0.3) is 0 Å². The lowest BCUT2D eigenvalue weighted by molar-refractivity contribution is -0.138. The maximum absolute atomic E-state index is 10.4. The summed E-state index contributed by atoms with van der Waals surface area (Å²) in [6, 6.07) is -0.801. The van der Waals surface area contributed by atoms with Gasteiger partial charge in [0.15, 0.2) is 5.96 Å². The Labute approximate surface area is 94.6 Å². The number of rotatable bonds is 5. The molecule has 0 aromatic rings. The summed E-state index contributed by atoms with van der Waals surface area (Å²) in [6.45, 7) is 2.11. The van der Waals surface area contributed by atoms with Crippen molar-refractivity contribution in [2.45, 2.75) is 18.9 Å². The maximum atomic E-state index is 10.4. The van der Waals surface area contributed by atoms with Crippen LogP contribution < -0.4 is 11.5 Å². The molecule has 0 bridgehead atoms. The van der Waals surface area contributed by atoms with Crippen LogP contribution in [0, 0.1) is 0 Å². The van der Waals surface area contributed by atoms with Crippen molar-refractivity contribution in [1.29, 1.82) is 0 Å². The smallest absolute Gasteiger partial charge is 0.320 e. The van der Waals surface area contributed by atoms with E-state index in [0.29, 0.717) is 25.3 Å². The number of guanidine groups is 1. The van der Waals surface area contributed by atoms with E-state index in [2.05, 4.69) is 4.99 Å². The lowest BCUT2D eigenvalue weighted by atomic mass is 10.2. The zero-order valence-corrected chi connectivity index (χ0v) is 9.17. The largest absolute Gasteiger partial charge is 0.480 e. The average molecular weight is 226 g/mol. The van der Waals surface area contributed by atoms with Crippen molar-refractivity contribution in [3.05, 3.63) is 12.2 Å². The van der Waals surface area contributed by atoms with Crippen LogP contribution in [0.2, 0.25) is 0 Å². The number of nitrogens with two attached hydrogens (primary N) is 2. The summed E-state index contributed by atoms with van der Waals surface area (Å²) in [6.07, 6.45) is 5.12. The van der Waals surface area contributed by atoms with Gasteiger partial charge in [-0.2, -0.15) is 0 Å². The van der Waals surface area contributed by atoms with E-state index in [0.717, 1.165) is 13.1 Å². The fraction of sp³-hybridized carbons (Fsp3) is 0.600. The SMILES string of the molecule is NC(=NCCC[C@H](N)C(=O)O)N1CC=CC1. The fourth-order valence-electron chi connectivity index (χ4n) is 1.39. The van der Waals surface area contributed by atoms with E-state index in [-0.39, 0.29) is 0 Å². The van der Waals surface area contributed by atoms with Crippen LogP contribution in [-0.4, -0.2) is 47.6 Å². The van der Waals surface area contributed by atoms with Gasteiger partial charge in [-0.3, -0.25) is 9.79 Å². The van der Waals surface area contributed by atoms with E-state index < -0.39 is 12.0 Å². The van der Waals surface area contributed by atoms with Crippen LogP contribution >= 0.6 is 0 Å². The second-order valence-corrected chi connectivity index (χ2v) is 3.70. The molecule has 1 heterocycles. The van der Waals surface area contributed by atoms with Gasteiger partial charge in [-0.15, -0.1) is 0 Å². The molecule has 0 saturated carbocycles. The molecule has 0 amide bonds. The normalized spacial score (nSPS) is 17.8. The molecule has 16 heavy (non-hydrogen) atoms. The van der Waals surface area contributed by atoms with Gasteiger partial charge < -0.3 is 21.5 Å². The molecule has 0 unspecified atom stereocenters. The predicted octanol–water partition coefficient (Wildman–Crippen LogP) is -0.635. The highest BCUT2D eigenvalue weighted by atomic mass is 16.4. The molecule has 0 fully saturated rings. The van der Waals surface area contributed by atoms with Gasteiger partial charge in [0.05, 0.1) is 0 Å². The zero-order valence-electron chi connectivity index (χ0n) is 9.17. The van der Waals surface area contributed by atoms with Crippen molar-refractivity contribution in [2.24, 2.45) is 16.5 Å². The van der Waals surface area contributed by atoms with E-state index >= 15 is 0 Å². The zero-order chi connectivity index (χ0) is 12.0. The molecule has 0 aromatic heterocycles. The Hall–Kier alpha value is -1.56. The Morgan fingerprint density at radius 1 is 1.50 bits per heavy atom. The molecular weight excluding hydrogens is 208 g/mol. The molecule has 5 N–H and O–H groups in total. The third-order valence-electron chi connectivity index (χ3n) is 2.41. The maximum Gasteiger partial charge on any atom is 0.320 e. The van der Waals surface area contributed by atoms with Gasteiger partial charge in [-0.05, 0) is 12.8 Å². The molecule has 6 heteroatoms. The Kier molecular flexibility index (Phi) is 4.78. The first-order valence-electron chi connectivity index (χ1n) is 5.29. The molecule has 0 aliphatic carbocycles. The Morgan fingerprint density at radius 3 is 2.69 bits per heavy atom. The summed E-state index contributed by atoms with van der Waals surface area (Å²) in [5.41, 5.74) is 11.1. The standard InChI is InChI=1S/C10H18N4O2/c11-8(9(15)16)4-3-5-13-10(12)14-6-1-2-7-14/h1-2,8H,3-7,11H2,(H2,12,13)(H,15,16)/t8-/m0/s1. The predicted molar refractivity (Wildman–Crippen MR) is 62.0 cm³/mol. The van der Waals surface area contributed by atoms with Gasteiger partial charge in [0.2, 0.25) is 0 Å². The van der Waals surface area contributed by atoms with Gasteiger partial charge in [-0.25, -0.2) is 0 Å². The van der Waals surface area contributed by atoms with Gasteiger partial charge in [0.1, 0.15) is 6.04 Å². The molecule has 0 saturated heterocycles. The minimum Gasteiger partial charge on any atom is -0.480 e. The van der Waals surface area contributed by atoms with Crippen LogP contribution in [-0.2, 0) is 4.79 Å². The quantitative estimate of drug-likeness (QED) is 0.250. The van der Waals surface area contributed by atoms with E-state index in [1.807, 2.05) is 17.1 Å². The topological polar surface area (TPSA) is 105 Å². The summed E-state index contributed by atoms with van der Waals surface area (Å²) in [5.74, 6) is -0.463. The molecule has 90 valence electrons. The van der Waals surface area contributed by atoms with Crippen LogP contribution in [0.4, 0.5) is 0 Å². The van der Waals surface area contributed by atoms with E-state index in [1.165, 1.54) is 0 Å². The first kappa shape index (κ1) is 12.5. The number of hydrogen-bond donors (Lipinski definition) is 3. The molecule has 1 aliphatic heterocycles. The third-order valence-corrected chi connectivity index (χ3v) is 2.41. The number of aliphatic imine (C=N–C) groups is 1. The second-order valence-electron chi connectivity index (χ2n) is 3.70. The molecule has 1 aliphatic rings. The molecule has 1 atom stereocenters. The van der Waals surface area contributed by atoms with Crippen molar-refractivity contribution in [3.8, 4) is 0 Å². The van der Waals surface area contributed by atoms with Gasteiger partial charge >= 0.3 is 5.97 Å². The highest BCUT2D eigenvalue weighted by molar-refractivity contribution is 5.78. The number of carbonyl (C=O) groups is 1. The summed E-state index contributed by atoms with van der Waals surface area (Å²) in [4.78, 5) is 16.5. The summed E-state index contributed by atoms with van der Waals surface area (Å²) in [5, 5.41) is 8.56.